The number of carbonyl (C=O) groups is 2. The second-order valence-corrected chi connectivity index (χ2v) is 5.17. The number of rotatable bonds is 4. The third-order valence-corrected chi connectivity index (χ3v) is 3.59. The Labute approximate surface area is 118 Å². The lowest BCUT2D eigenvalue weighted by atomic mass is 9.95. The van der Waals surface area contributed by atoms with Crippen molar-refractivity contribution in [3.05, 3.63) is 29.8 Å². The Balaban J connectivity index is 1.78. The second kappa shape index (κ2) is 6.93. The summed E-state index contributed by atoms with van der Waals surface area (Å²) in [6.45, 7) is -0.0103. The molecule has 1 saturated carbocycles. The van der Waals surface area contributed by atoms with Crippen LogP contribution in [0.25, 0.3) is 0 Å². The minimum atomic E-state index is -0.318. The number of hydrogen-bond donors (Lipinski definition) is 3. The molecule has 5 nitrogen and oxygen atoms in total. The molecule has 1 aromatic rings. The summed E-state index contributed by atoms with van der Waals surface area (Å²) in [7, 11) is 0. The van der Waals surface area contributed by atoms with Gasteiger partial charge in [0, 0.05) is 11.7 Å². The Morgan fingerprint density at radius 3 is 2.55 bits per heavy atom. The van der Waals surface area contributed by atoms with Gasteiger partial charge in [0.2, 0.25) is 5.91 Å². The van der Waals surface area contributed by atoms with Crippen LogP contribution in [-0.4, -0.2) is 24.4 Å². The van der Waals surface area contributed by atoms with E-state index in [0.717, 1.165) is 25.7 Å². The van der Waals surface area contributed by atoms with Gasteiger partial charge in [0.15, 0.2) is 0 Å². The molecule has 2 amide bonds. The van der Waals surface area contributed by atoms with Crippen LogP contribution in [0.5, 0.6) is 0 Å². The van der Waals surface area contributed by atoms with Gasteiger partial charge in [0.25, 0.3) is 5.91 Å². The Hall–Kier alpha value is -2.04. The molecule has 0 spiro atoms. The molecular weight excluding hydrogens is 254 g/mol. The van der Waals surface area contributed by atoms with Crippen molar-refractivity contribution >= 4 is 17.5 Å². The molecular formula is C15H21N3O2. The van der Waals surface area contributed by atoms with Gasteiger partial charge in [-0.2, -0.15) is 0 Å². The first-order valence-electron chi connectivity index (χ1n) is 7.09. The fourth-order valence-electron chi connectivity index (χ4n) is 2.49. The molecule has 1 aromatic carbocycles. The van der Waals surface area contributed by atoms with E-state index in [1.165, 1.54) is 6.42 Å². The average molecular weight is 275 g/mol. The Morgan fingerprint density at radius 2 is 1.85 bits per heavy atom. The van der Waals surface area contributed by atoms with Crippen molar-refractivity contribution in [3.8, 4) is 0 Å². The molecule has 2 rings (SSSR count). The molecule has 20 heavy (non-hydrogen) atoms. The highest BCUT2D eigenvalue weighted by molar-refractivity contribution is 6.00. The standard InChI is InChI=1S/C15H21N3O2/c16-13-9-5-4-8-12(13)15(20)17-10-14(19)18-11-6-2-1-3-7-11/h4-5,8-9,11H,1-3,6-7,10,16H2,(H,17,20)(H,18,19). The zero-order valence-electron chi connectivity index (χ0n) is 11.5. The van der Waals surface area contributed by atoms with Gasteiger partial charge in [-0.25, -0.2) is 0 Å². The van der Waals surface area contributed by atoms with Crippen LogP contribution in [0.1, 0.15) is 42.5 Å². The van der Waals surface area contributed by atoms with Crippen molar-refractivity contribution in [1.82, 2.24) is 10.6 Å². The van der Waals surface area contributed by atoms with E-state index < -0.39 is 0 Å². The van der Waals surface area contributed by atoms with E-state index >= 15 is 0 Å². The number of para-hydroxylation sites is 1. The maximum atomic E-state index is 11.9. The van der Waals surface area contributed by atoms with Crippen molar-refractivity contribution in [2.45, 2.75) is 38.1 Å². The van der Waals surface area contributed by atoms with Crippen molar-refractivity contribution < 1.29 is 9.59 Å². The molecule has 1 aliphatic rings. The van der Waals surface area contributed by atoms with Gasteiger partial charge in [0.1, 0.15) is 0 Å². The molecule has 108 valence electrons. The maximum absolute atomic E-state index is 11.9. The van der Waals surface area contributed by atoms with Crippen LogP contribution < -0.4 is 16.4 Å². The molecule has 0 unspecified atom stereocenters. The lowest BCUT2D eigenvalue weighted by molar-refractivity contribution is -0.121. The SMILES string of the molecule is Nc1ccccc1C(=O)NCC(=O)NC1CCCCC1. The highest BCUT2D eigenvalue weighted by Gasteiger charge is 2.16. The number of carbonyl (C=O) groups excluding carboxylic acids is 2. The van der Waals surface area contributed by atoms with E-state index in [4.69, 9.17) is 5.73 Å². The van der Waals surface area contributed by atoms with Gasteiger partial charge >= 0.3 is 0 Å². The summed E-state index contributed by atoms with van der Waals surface area (Å²) in [5.74, 6) is -0.457. The molecule has 4 N–H and O–H groups in total. The van der Waals surface area contributed by atoms with Gasteiger partial charge in [-0.05, 0) is 25.0 Å². The van der Waals surface area contributed by atoms with E-state index in [0.29, 0.717) is 11.3 Å². The smallest absolute Gasteiger partial charge is 0.253 e. The summed E-state index contributed by atoms with van der Waals surface area (Å²) in [4.78, 5) is 23.7. The van der Waals surface area contributed by atoms with E-state index in [2.05, 4.69) is 10.6 Å². The summed E-state index contributed by atoms with van der Waals surface area (Å²) in [5.41, 5.74) is 6.53. The topological polar surface area (TPSA) is 84.2 Å². The maximum Gasteiger partial charge on any atom is 0.253 e. The second-order valence-electron chi connectivity index (χ2n) is 5.17. The first-order chi connectivity index (χ1) is 9.66. The quantitative estimate of drug-likeness (QED) is 0.727. The predicted octanol–water partition coefficient (Wildman–Crippen LogP) is 1.45. The zero-order valence-corrected chi connectivity index (χ0v) is 11.5. The highest BCUT2D eigenvalue weighted by Crippen LogP contribution is 2.17. The molecule has 1 fully saturated rings. The molecule has 5 heteroatoms. The van der Waals surface area contributed by atoms with Crippen molar-refractivity contribution in [3.63, 3.8) is 0 Å². The summed E-state index contributed by atoms with van der Waals surface area (Å²) >= 11 is 0. The van der Waals surface area contributed by atoms with Crippen LogP contribution in [0, 0.1) is 0 Å². The summed E-state index contributed by atoms with van der Waals surface area (Å²) < 4.78 is 0. The lowest BCUT2D eigenvalue weighted by Gasteiger charge is -2.22. The van der Waals surface area contributed by atoms with Crippen LogP contribution in [-0.2, 0) is 4.79 Å². The third-order valence-electron chi connectivity index (χ3n) is 3.59. The Bertz CT molecular complexity index is 482. The van der Waals surface area contributed by atoms with Gasteiger partial charge in [-0.3, -0.25) is 9.59 Å². The minimum Gasteiger partial charge on any atom is -0.398 e. The van der Waals surface area contributed by atoms with E-state index in [-0.39, 0.29) is 24.4 Å². The van der Waals surface area contributed by atoms with Crippen molar-refractivity contribution in [2.75, 3.05) is 12.3 Å². The number of anilines is 1. The lowest BCUT2D eigenvalue weighted by Crippen LogP contribution is -2.42. The fourth-order valence-corrected chi connectivity index (χ4v) is 2.49. The molecule has 0 aliphatic heterocycles. The third kappa shape index (κ3) is 3.98. The van der Waals surface area contributed by atoms with Crippen molar-refractivity contribution in [2.24, 2.45) is 0 Å². The molecule has 0 bridgehead atoms. The summed E-state index contributed by atoms with van der Waals surface area (Å²) in [6.07, 6.45) is 5.64. The monoisotopic (exact) mass is 275 g/mol. The van der Waals surface area contributed by atoms with Crippen LogP contribution in [0.2, 0.25) is 0 Å². The fraction of sp³-hybridized carbons (Fsp3) is 0.467. The van der Waals surface area contributed by atoms with E-state index in [1.54, 1.807) is 24.3 Å². The van der Waals surface area contributed by atoms with Gasteiger partial charge in [0.05, 0.1) is 12.1 Å². The zero-order chi connectivity index (χ0) is 14.4. The predicted molar refractivity (Wildman–Crippen MR) is 78.2 cm³/mol. The number of benzene rings is 1. The Kier molecular flexibility index (Phi) is 4.98. The summed E-state index contributed by atoms with van der Waals surface area (Å²) in [5, 5.41) is 5.55. The number of nitrogen functional groups attached to an aromatic ring is 1. The normalized spacial score (nSPS) is 15.6. The van der Waals surface area contributed by atoms with Crippen LogP contribution >= 0.6 is 0 Å². The van der Waals surface area contributed by atoms with Gasteiger partial charge in [-0.1, -0.05) is 31.4 Å². The number of hydrogen-bond acceptors (Lipinski definition) is 3. The largest absolute Gasteiger partial charge is 0.398 e. The van der Waals surface area contributed by atoms with E-state index in [1.807, 2.05) is 0 Å². The number of amides is 2. The summed E-state index contributed by atoms with van der Waals surface area (Å²) in [6, 6.07) is 7.07. The first-order valence-corrected chi connectivity index (χ1v) is 7.09. The first kappa shape index (κ1) is 14.4. The molecule has 0 aromatic heterocycles. The Morgan fingerprint density at radius 1 is 1.15 bits per heavy atom. The van der Waals surface area contributed by atoms with Crippen molar-refractivity contribution in [1.29, 1.82) is 0 Å². The molecule has 0 radical (unpaired) electrons. The molecule has 0 saturated heterocycles. The number of nitrogens with one attached hydrogen (secondary N) is 2. The van der Waals surface area contributed by atoms with Crippen LogP contribution in [0.3, 0.4) is 0 Å². The van der Waals surface area contributed by atoms with Gasteiger partial charge in [-0.15, -0.1) is 0 Å². The van der Waals surface area contributed by atoms with Crippen LogP contribution in [0.15, 0.2) is 24.3 Å². The molecule has 1 aliphatic carbocycles. The highest BCUT2D eigenvalue weighted by atomic mass is 16.2. The minimum absolute atomic E-state index is 0.0103. The number of nitrogens with two attached hydrogens (primary N) is 1. The van der Waals surface area contributed by atoms with Gasteiger partial charge < -0.3 is 16.4 Å². The average Bonchev–Trinajstić information content (AvgIpc) is 2.46. The van der Waals surface area contributed by atoms with E-state index in [9.17, 15) is 9.59 Å². The molecule has 0 heterocycles. The van der Waals surface area contributed by atoms with Crippen LogP contribution in [0.4, 0.5) is 5.69 Å². The molecule has 0 atom stereocenters.